The van der Waals surface area contributed by atoms with E-state index in [1.54, 1.807) is 0 Å². The average Bonchev–Trinajstić information content (AvgIpc) is 2.45. The second-order valence-corrected chi connectivity index (χ2v) is 7.19. The van der Waals surface area contributed by atoms with Gasteiger partial charge in [-0.25, -0.2) is 4.79 Å². The fourth-order valence-electron chi connectivity index (χ4n) is 1.24. The van der Waals surface area contributed by atoms with E-state index in [1.165, 1.54) is 0 Å². The molecule has 0 fully saturated rings. The SMILES string of the molecule is COC(=O)c1cc(OS(=O)(=O)C(F)(F)F)ccc1OS(=O)(=O)C(F)(F)F. The molecule has 0 spiro atoms. The fourth-order valence-corrected chi connectivity index (χ4v) is 2.17. The third-order valence-corrected chi connectivity index (χ3v) is 4.27. The van der Waals surface area contributed by atoms with E-state index in [0.717, 1.165) is 0 Å². The average molecular weight is 432 g/mol. The highest BCUT2D eigenvalue weighted by molar-refractivity contribution is 7.88. The summed E-state index contributed by atoms with van der Waals surface area (Å²) < 4.78 is 129. The van der Waals surface area contributed by atoms with Gasteiger partial charge < -0.3 is 13.1 Å². The van der Waals surface area contributed by atoms with Crippen LogP contribution in [0.4, 0.5) is 26.3 Å². The van der Waals surface area contributed by atoms with Crippen LogP contribution in [0.25, 0.3) is 0 Å². The van der Waals surface area contributed by atoms with Crippen molar-refractivity contribution in [2.45, 2.75) is 11.0 Å². The number of hydrogen-bond acceptors (Lipinski definition) is 8. The molecule has 0 saturated heterocycles. The van der Waals surface area contributed by atoms with E-state index in [2.05, 4.69) is 13.1 Å². The molecule has 0 aliphatic rings. The van der Waals surface area contributed by atoms with Gasteiger partial charge in [0.05, 0.1) is 7.11 Å². The number of methoxy groups -OCH3 is 1. The second-order valence-electron chi connectivity index (χ2n) is 4.12. The summed E-state index contributed by atoms with van der Waals surface area (Å²) in [4.78, 5) is 11.5. The van der Waals surface area contributed by atoms with Gasteiger partial charge in [0, 0.05) is 6.07 Å². The molecule has 0 N–H and O–H groups in total. The number of esters is 1. The molecule has 148 valence electrons. The molecule has 16 heteroatoms. The summed E-state index contributed by atoms with van der Waals surface area (Å²) in [5.41, 5.74) is -12.9. The molecule has 0 atom stereocenters. The molecule has 0 amide bonds. The summed E-state index contributed by atoms with van der Waals surface area (Å²) in [6.07, 6.45) is 0. The molecule has 0 heterocycles. The highest BCUT2D eigenvalue weighted by Gasteiger charge is 2.50. The molecular formula is C10H6F6O8S2. The Kier molecular flexibility index (Phi) is 5.72. The van der Waals surface area contributed by atoms with Crippen molar-refractivity contribution in [3.8, 4) is 11.5 Å². The minimum absolute atomic E-state index is 0.191. The van der Waals surface area contributed by atoms with Gasteiger partial charge in [-0.1, -0.05) is 0 Å². The summed E-state index contributed by atoms with van der Waals surface area (Å²) in [5.74, 6) is -4.00. The summed E-state index contributed by atoms with van der Waals surface area (Å²) in [7, 11) is -11.7. The van der Waals surface area contributed by atoms with Crippen LogP contribution in [0.3, 0.4) is 0 Å². The van der Waals surface area contributed by atoms with Gasteiger partial charge in [0.1, 0.15) is 11.3 Å². The van der Waals surface area contributed by atoms with Crippen LogP contribution in [0.15, 0.2) is 18.2 Å². The maximum Gasteiger partial charge on any atom is 0.534 e. The Morgan fingerprint density at radius 3 is 1.77 bits per heavy atom. The van der Waals surface area contributed by atoms with Crippen molar-refractivity contribution < 1.29 is 61.1 Å². The van der Waals surface area contributed by atoms with Crippen molar-refractivity contribution >= 4 is 26.2 Å². The molecule has 0 bridgehead atoms. The van der Waals surface area contributed by atoms with Crippen LogP contribution in [0.1, 0.15) is 10.4 Å². The zero-order valence-corrected chi connectivity index (χ0v) is 13.7. The lowest BCUT2D eigenvalue weighted by atomic mass is 10.2. The largest absolute Gasteiger partial charge is 0.534 e. The van der Waals surface area contributed by atoms with E-state index in [-0.39, 0.29) is 12.1 Å². The Bertz CT molecular complexity index is 900. The van der Waals surface area contributed by atoms with Crippen molar-refractivity contribution in [2.24, 2.45) is 0 Å². The third kappa shape index (κ3) is 4.69. The minimum atomic E-state index is -6.23. The normalized spacial score (nSPS) is 13.2. The zero-order valence-electron chi connectivity index (χ0n) is 12.1. The number of alkyl halides is 6. The number of ether oxygens (including phenoxy) is 1. The van der Waals surface area contributed by atoms with Crippen molar-refractivity contribution in [2.75, 3.05) is 7.11 Å². The minimum Gasteiger partial charge on any atom is -0.465 e. The molecule has 1 rings (SSSR count). The number of carbonyl (C=O) groups excluding carboxylic acids is 1. The summed E-state index contributed by atoms with van der Waals surface area (Å²) >= 11 is 0. The molecular weight excluding hydrogens is 426 g/mol. The maximum atomic E-state index is 12.3. The van der Waals surface area contributed by atoms with Crippen LogP contribution < -0.4 is 8.37 Å². The monoisotopic (exact) mass is 432 g/mol. The Labute approximate surface area is 141 Å². The van der Waals surface area contributed by atoms with E-state index in [9.17, 15) is 48.0 Å². The van der Waals surface area contributed by atoms with Crippen molar-refractivity contribution in [1.29, 1.82) is 0 Å². The van der Waals surface area contributed by atoms with Crippen molar-refractivity contribution in [3.05, 3.63) is 23.8 Å². The smallest absolute Gasteiger partial charge is 0.465 e. The van der Waals surface area contributed by atoms with Crippen molar-refractivity contribution in [1.82, 2.24) is 0 Å². The number of rotatable bonds is 5. The second kappa shape index (κ2) is 6.82. The number of carbonyl (C=O) groups is 1. The van der Waals surface area contributed by atoms with Gasteiger partial charge in [0.25, 0.3) is 0 Å². The van der Waals surface area contributed by atoms with Gasteiger partial charge in [-0.3, -0.25) is 0 Å². The van der Waals surface area contributed by atoms with Crippen LogP contribution in [-0.4, -0.2) is 40.9 Å². The summed E-state index contributed by atoms with van der Waals surface area (Å²) in [5, 5.41) is 0. The fraction of sp³-hybridized carbons (Fsp3) is 0.300. The van der Waals surface area contributed by atoms with Gasteiger partial charge in [0.15, 0.2) is 5.75 Å². The first kappa shape index (κ1) is 21.8. The van der Waals surface area contributed by atoms with E-state index in [1.807, 2.05) is 0 Å². The number of hydrogen-bond donors (Lipinski definition) is 0. The van der Waals surface area contributed by atoms with E-state index in [4.69, 9.17) is 0 Å². The number of benzene rings is 1. The first-order chi connectivity index (χ1) is 11.5. The summed E-state index contributed by atoms with van der Waals surface area (Å²) in [6, 6.07) is 0.796. The lowest BCUT2D eigenvalue weighted by Gasteiger charge is -2.14. The zero-order chi connectivity index (χ0) is 20.6. The first-order valence-corrected chi connectivity index (χ1v) is 8.57. The van der Waals surface area contributed by atoms with Gasteiger partial charge in [0.2, 0.25) is 0 Å². The topological polar surface area (TPSA) is 113 Å². The van der Waals surface area contributed by atoms with E-state index < -0.39 is 54.3 Å². The molecule has 1 aromatic carbocycles. The van der Waals surface area contributed by atoms with Gasteiger partial charge in [-0.05, 0) is 12.1 Å². The highest BCUT2D eigenvalue weighted by Crippen LogP contribution is 2.33. The third-order valence-electron chi connectivity index (χ3n) is 2.33. The lowest BCUT2D eigenvalue weighted by Crippen LogP contribution is -2.29. The van der Waals surface area contributed by atoms with Gasteiger partial charge in [-0.2, -0.15) is 43.2 Å². The Morgan fingerprint density at radius 1 is 0.885 bits per heavy atom. The van der Waals surface area contributed by atoms with E-state index >= 15 is 0 Å². The van der Waals surface area contributed by atoms with Crippen LogP contribution in [0.2, 0.25) is 0 Å². The molecule has 1 aromatic rings. The summed E-state index contributed by atoms with van der Waals surface area (Å²) in [6.45, 7) is 0. The Hall–Kier alpha value is -2.23. The predicted molar refractivity (Wildman–Crippen MR) is 69.0 cm³/mol. The molecule has 8 nitrogen and oxygen atoms in total. The lowest BCUT2D eigenvalue weighted by molar-refractivity contribution is -0.0506. The maximum absolute atomic E-state index is 12.3. The molecule has 0 aliphatic carbocycles. The predicted octanol–water partition coefficient (Wildman–Crippen LogP) is 1.93. The van der Waals surface area contributed by atoms with Crippen molar-refractivity contribution in [3.63, 3.8) is 0 Å². The highest BCUT2D eigenvalue weighted by atomic mass is 32.2. The van der Waals surface area contributed by atoms with Crippen LogP contribution >= 0.6 is 0 Å². The molecule has 26 heavy (non-hydrogen) atoms. The van der Waals surface area contributed by atoms with E-state index in [0.29, 0.717) is 13.2 Å². The van der Waals surface area contributed by atoms with Gasteiger partial charge in [-0.15, -0.1) is 0 Å². The molecule has 0 aromatic heterocycles. The molecule has 0 saturated carbocycles. The standard InChI is InChI=1S/C10H6F6O8S2/c1-22-8(17)6-4-5(23-25(18,19)9(11,12)13)2-3-7(6)24-26(20,21)10(14,15)16/h2-4H,1H3. The van der Waals surface area contributed by atoms with Crippen LogP contribution in [-0.2, 0) is 25.0 Å². The molecule has 0 unspecified atom stereocenters. The van der Waals surface area contributed by atoms with Gasteiger partial charge >= 0.3 is 37.2 Å². The Morgan fingerprint density at radius 2 is 1.35 bits per heavy atom. The van der Waals surface area contributed by atoms with Crippen LogP contribution in [0.5, 0.6) is 11.5 Å². The first-order valence-electron chi connectivity index (χ1n) is 5.75. The quantitative estimate of drug-likeness (QED) is 0.300. The number of halogens is 6. The Balaban J connectivity index is 3.39. The van der Waals surface area contributed by atoms with Crippen LogP contribution in [0, 0.1) is 0 Å². The molecule has 0 radical (unpaired) electrons. The molecule has 0 aliphatic heterocycles.